The predicted octanol–water partition coefficient (Wildman–Crippen LogP) is 1.44. The largest absolute Gasteiger partial charge is 0.375 e. The molecule has 1 amide bonds. The van der Waals surface area contributed by atoms with E-state index in [0.717, 1.165) is 24.0 Å². The van der Waals surface area contributed by atoms with Crippen LogP contribution in [0.3, 0.4) is 0 Å². The van der Waals surface area contributed by atoms with Crippen molar-refractivity contribution in [1.29, 1.82) is 0 Å². The van der Waals surface area contributed by atoms with Crippen LogP contribution in [-0.4, -0.2) is 43.2 Å². The number of carbonyl (C=O) groups excluding carboxylic acids is 1. The molecule has 4 heteroatoms. The van der Waals surface area contributed by atoms with Crippen molar-refractivity contribution in [2.24, 2.45) is 5.73 Å². The van der Waals surface area contributed by atoms with E-state index >= 15 is 0 Å². The highest BCUT2D eigenvalue weighted by atomic mass is 16.5. The SMILES string of the molecule is CCC1CN(C(=O)c2ccccc2CCN)CCO1. The quantitative estimate of drug-likeness (QED) is 0.893. The zero-order chi connectivity index (χ0) is 13.7. The van der Waals surface area contributed by atoms with E-state index in [-0.39, 0.29) is 12.0 Å². The van der Waals surface area contributed by atoms with Gasteiger partial charge in [-0.25, -0.2) is 0 Å². The van der Waals surface area contributed by atoms with Gasteiger partial charge in [0.05, 0.1) is 12.7 Å². The van der Waals surface area contributed by atoms with Crippen LogP contribution in [0.25, 0.3) is 0 Å². The van der Waals surface area contributed by atoms with Crippen molar-refractivity contribution in [3.8, 4) is 0 Å². The van der Waals surface area contributed by atoms with Crippen molar-refractivity contribution in [3.63, 3.8) is 0 Å². The molecule has 1 fully saturated rings. The fraction of sp³-hybridized carbons (Fsp3) is 0.533. The lowest BCUT2D eigenvalue weighted by Gasteiger charge is -2.33. The van der Waals surface area contributed by atoms with Gasteiger partial charge in [-0.05, 0) is 31.0 Å². The number of nitrogens with zero attached hydrogens (tertiary/aromatic N) is 1. The number of morpholine rings is 1. The third-order valence-corrected chi connectivity index (χ3v) is 3.54. The van der Waals surface area contributed by atoms with E-state index in [0.29, 0.717) is 26.2 Å². The Kier molecular flexibility index (Phi) is 4.93. The Bertz CT molecular complexity index is 434. The molecule has 0 radical (unpaired) electrons. The van der Waals surface area contributed by atoms with Gasteiger partial charge in [0, 0.05) is 18.7 Å². The zero-order valence-electron chi connectivity index (χ0n) is 11.5. The summed E-state index contributed by atoms with van der Waals surface area (Å²) >= 11 is 0. The smallest absolute Gasteiger partial charge is 0.254 e. The van der Waals surface area contributed by atoms with Crippen molar-refractivity contribution in [2.75, 3.05) is 26.2 Å². The van der Waals surface area contributed by atoms with Crippen molar-refractivity contribution in [1.82, 2.24) is 4.90 Å². The number of ether oxygens (including phenoxy) is 1. The first-order chi connectivity index (χ1) is 9.26. The second kappa shape index (κ2) is 6.68. The summed E-state index contributed by atoms with van der Waals surface area (Å²) in [5.74, 6) is 0.103. The summed E-state index contributed by atoms with van der Waals surface area (Å²) in [5.41, 5.74) is 7.43. The molecule has 19 heavy (non-hydrogen) atoms. The van der Waals surface area contributed by atoms with E-state index in [9.17, 15) is 4.79 Å². The summed E-state index contributed by atoms with van der Waals surface area (Å²) in [6.45, 7) is 4.63. The molecule has 0 aliphatic carbocycles. The number of carbonyl (C=O) groups is 1. The molecular weight excluding hydrogens is 240 g/mol. The minimum Gasteiger partial charge on any atom is -0.375 e. The molecule has 1 aliphatic heterocycles. The van der Waals surface area contributed by atoms with Crippen LogP contribution in [0.15, 0.2) is 24.3 Å². The zero-order valence-corrected chi connectivity index (χ0v) is 11.5. The van der Waals surface area contributed by atoms with Crippen molar-refractivity contribution < 1.29 is 9.53 Å². The van der Waals surface area contributed by atoms with Crippen LogP contribution >= 0.6 is 0 Å². The highest BCUT2D eigenvalue weighted by Crippen LogP contribution is 2.16. The molecule has 0 saturated carbocycles. The van der Waals surface area contributed by atoms with Crippen LogP contribution in [0.4, 0.5) is 0 Å². The highest BCUT2D eigenvalue weighted by Gasteiger charge is 2.24. The highest BCUT2D eigenvalue weighted by molar-refractivity contribution is 5.95. The first kappa shape index (κ1) is 14.0. The molecule has 0 aromatic heterocycles. The van der Waals surface area contributed by atoms with Gasteiger partial charge in [0.25, 0.3) is 5.91 Å². The Morgan fingerprint density at radius 2 is 2.26 bits per heavy atom. The summed E-state index contributed by atoms with van der Waals surface area (Å²) in [5, 5.41) is 0. The Balaban J connectivity index is 2.14. The van der Waals surface area contributed by atoms with Crippen molar-refractivity contribution >= 4 is 5.91 Å². The third kappa shape index (κ3) is 3.33. The number of hydrogen-bond acceptors (Lipinski definition) is 3. The monoisotopic (exact) mass is 262 g/mol. The van der Waals surface area contributed by atoms with Crippen LogP contribution in [0.5, 0.6) is 0 Å². The van der Waals surface area contributed by atoms with E-state index in [1.807, 2.05) is 29.2 Å². The van der Waals surface area contributed by atoms with Gasteiger partial charge in [-0.2, -0.15) is 0 Å². The molecule has 1 saturated heterocycles. The molecule has 0 spiro atoms. The second-order valence-electron chi connectivity index (χ2n) is 4.85. The fourth-order valence-electron chi connectivity index (χ4n) is 2.42. The minimum absolute atomic E-state index is 0.103. The van der Waals surface area contributed by atoms with Gasteiger partial charge in [0.15, 0.2) is 0 Å². The summed E-state index contributed by atoms with van der Waals surface area (Å²) in [7, 11) is 0. The Labute approximate surface area is 114 Å². The van der Waals surface area contributed by atoms with E-state index in [1.165, 1.54) is 0 Å². The van der Waals surface area contributed by atoms with Crippen LogP contribution in [-0.2, 0) is 11.2 Å². The van der Waals surface area contributed by atoms with Crippen LogP contribution in [0, 0.1) is 0 Å². The molecule has 1 aliphatic rings. The van der Waals surface area contributed by atoms with Gasteiger partial charge >= 0.3 is 0 Å². The lowest BCUT2D eigenvalue weighted by Crippen LogP contribution is -2.45. The predicted molar refractivity (Wildman–Crippen MR) is 75.1 cm³/mol. The van der Waals surface area contributed by atoms with Gasteiger partial charge in [-0.1, -0.05) is 25.1 Å². The fourth-order valence-corrected chi connectivity index (χ4v) is 2.42. The molecule has 1 unspecified atom stereocenters. The lowest BCUT2D eigenvalue weighted by molar-refractivity contribution is -0.0226. The average Bonchev–Trinajstić information content (AvgIpc) is 2.47. The maximum absolute atomic E-state index is 12.6. The van der Waals surface area contributed by atoms with Crippen LogP contribution in [0.1, 0.15) is 29.3 Å². The molecule has 0 bridgehead atoms. The van der Waals surface area contributed by atoms with Gasteiger partial charge in [0.1, 0.15) is 0 Å². The van der Waals surface area contributed by atoms with Gasteiger partial charge in [-0.15, -0.1) is 0 Å². The van der Waals surface area contributed by atoms with Crippen molar-refractivity contribution in [3.05, 3.63) is 35.4 Å². The van der Waals surface area contributed by atoms with E-state index in [4.69, 9.17) is 10.5 Å². The minimum atomic E-state index is 0.103. The second-order valence-corrected chi connectivity index (χ2v) is 4.85. The third-order valence-electron chi connectivity index (χ3n) is 3.54. The maximum Gasteiger partial charge on any atom is 0.254 e. The Morgan fingerprint density at radius 1 is 1.47 bits per heavy atom. The molecule has 1 aromatic rings. The number of amides is 1. The summed E-state index contributed by atoms with van der Waals surface area (Å²) in [6, 6.07) is 7.74. The Morgan fingerprint density at radius 3 is 3.00 bits per heavy atom. The molecule has 1 heterocycles. The summed E-state index contributed by atoms with van der Waals surface area (Å²) in [6.07, 6.45) is 1.84. The van der Waals surface area contributed by atoms with Gasteiger partial charge in [0.2, 0.25) is 0 Å². The molecule has 104 valence electrons. The number of rotatable bonds is 4. The van der Waals surface area contributed by atoms with Crippen LogP contribution < -0.4 is 5.73 Å². The van der Waals surface area contributed by atoms with Crippen LogP contribution in [0.2, 0.25) is 0 Å². The molecule has 1 aromatic carbocycles. The number of nitrogens with two attached hydrogens (primary N) is 1. The standard InChI is InChI=1S/C15H22N2O2/c1-2-13-11-17(9-10-19-13)15(18)14-6-4-3-5-12(14)7-8-16/h3-6,13H,2,7-11,16H2,1H3. The van der Waals surface area contributed by atoms with E-state index in [1.54, 1.807) is 0 Å². The first-order valence-corrected chi connectivity index (χ1v) is 6.95. The topological polar surface area (TPSA) is 55.6 Å². The molecular formula is C15H22N2O2. The molecule has 2 rings (SSSR count). The molecule has 2 N–H and O–H groups in total. The maximum atomic E-state index is 12.6. The normalized spacial score (nSPS) is 19.5. The number of benzene rings is 1. The molecule has 1 atom stereocenters. The van der Waals surface area contributed by atoms with E-state index in [2.05, 4.69) is 6.92 Å². The van der Waals surface area contributed by atoms with Gasteiger partial charge < -0.3 is 15.4 Å². The Hall–Kier alpha value is -1.39. The average molecular weight is 262 g/mol. The first-order valence-electron chi connectivity index (χ1n) is 6.95. The molecule has 4 nitrogen and oxygen atoms in total. The summed E-state index contributed by atoms with van der Waals surface area (Å²) in [4.78, 5) is 14.5. The summed E-state index contributed by atoms with van der Waals surface area (Å²) < 4.78 is 5.61. The van der Waals surface area contributed by atoms with Crippen molar-refractivity contribution in [2.45, 2.75) is 25.9 Å². The number of hydrogen-bond donors (Lipinski definition) is 1. The van der Waals surface area contributed by atoms with Gasteiger partial charge in [-0.3, -0.25) is 4.79 Å². The van der Waals surface area contributed by atoms with E-state index < -0.39 is 0 Å². The lowest BCUT2D eigenvalue weighted by atomic mass is 10.0.